The lowest BCUT2D eigenvalue weighted by atomic mass is 9.98. The van der Waals surface area contributed by atoms with Crippen LogP contribution in [0.2, 0.25) is 0 Å². The summed E-state index contributed by atoms with van der Waals surface area (Å²) in [5.74, 6) is -0.333. The number of aromatic nitrogens is 1. The molecule has 34 heavy (non-hydrogen) atoms. The summed E-state index contributed by atoms with van der Waals surface area (Å²) in [6.07, 6.45) is 1.00. The van der Waals surface area contributed by atoms with Crippen molar-refractivity contribution in [1.82, 2.24) is 10.3 Å². The van der Waals surface area contributed by atoms with Gasteiger partial charge < -0.3 is 19.8 Å². The molecule has 1 aromatic heterocycles. The summed E-state index contributed by atoms with van der Waals surface area (Å²) in [7, 11) is 0. The molecule has 4 aromatic rings. The van der Waals surface area contributed by atoms with Crippen molar-refractivity contribution in [3.8, 4) is 16.9 Å². The second-order valence-corrected chi connectivity index (χ2v) is 8.81. The van der Waals surface area contributed by atoms with Crippen molar-refractivity contribution in [2.24, 2.45) is 5.92 Å². The molecular weight excluding hydrogens is 428 g/mol. The van der Waals surface area contributed by atoms with Gasteiger partial charge in [0.05, 0.1) is 0 Å². The number of rotatable bonds is 6. The molecule has 6 heteroatoms. The van der Waals surface area contributed by atoms with Gasteiger partial charge in [-0.3, -0.25) is 0 Å². The van der Waals surface area contributed by atoms with Gasteiger partial charge in [0.1, 0.15) is 12.6 Å². The standard InChI is InChI=1S/C28H26N2O4/c1-17(2)26(27(31)34-25-15-29-24-14-8-7-13-22(24)25)30-28(32)33-16-23-20-11-5-3-9-18(20)19-10-4-6-12-21(19)23/h3-15,17,23,26,29H,16H2,1-2H3,(H,30,32)/t26-/m0/s1. The van der Waals surface area contributed by atoms with Crippen LogP contribution in [0.25, 0.3) is 22.0 Å². The van der Waals surface area contributed by atoms with Crippen molar-refractivity contribution in [3.05, 3.63) is 90.1 Å². The Morgan fingerprint density at radius 1 is 0.912 bits per heavy atom. The summed E-state index contributed by atoms with van der Waals surface area (Å²) in [5.41, 5.74) is 5.46. The molecule has 0 radical (unpaired) electrons. The van der Waals surface area contributed by atoms with Crippen molar-refractivity contribution >= 4 is 23.0 Å². The maximum absolute atomic E-state index is 12.9. The Labute approximate surface area is 197 Å². The van der Waals surface area contributed by atoms with Crippen LogP contribution in [0.4, 0.5) is 4.79 Å². The third-order valence-corrected chi connectivity index (χ3v) is 6.30. The SMILES string of the molecule is CC(C)[C@H](NC(=O)OCC1c2ccccc2-c2ccccc21)C(=O)Oc1c[nH]c2ccccc12. The van der Waals surface area contributed by atoms with E-state index in [1.54, 1.807) is 6.20 Å². The lowest BCUT2D eigenvalue weighted by Crippen LogP contribution is -2.46. The van der Waals surface area contributed by atoms with E-state index in [2.05, 4.69) is 34.6 Å². The highest BCUT2D eigenvalue weighted by Crippen LogP contribution is 2.44. The van der Waals surface area contributed by atoms with E-state index in [4.69, 9.17) is 9.47 Å². The first-order valence-electron chi connectivity index (χ1n) is 11.4. The van der Waals surface area contributed by atoms with Gasteiger partial charge in [0.2, 0.25) is 0 Å². The van der Waals surface area contributed by atoms with E-state index in [1.807, 2.05) is 62.4 Å². The molecule has 0 saturated carbocycles. The molecule has 0 spiro atoms. The summed E-state index contributed by atoms with van der Waals surface area (Å²) in [6, 6.07) is 23.0. The van der Waals surface area contributed by atoms with Gasteiger partial charge in [-0.05, 0) is 40.3 Å². The zero-order valence-corrected chi connectivity index (χ0v) is 19.1. The Balaban J connectivity index is 1.26. The third-order valence-electron chi connectivity index (χ3n) is 6.30. The Kier molecular flexibility index (Phi) is 5.80. The summed E-state index contributed by atoms with van der Waals surface area (Å²) in [5, 5.41) is 3.51. The minimum absolute atomic E-state index is 0.0474. The molecule has 1 heterocycles. The number of carbonyl (C=O) groups excluding carboxylic acids is 2. The smallest absolute Gasteiger partial charge is 0.407 e. The fourth-order valence-corrected chi connectivity index (χ4v) is 4.57. The monoisotopic (exact) mass is 454 g/mol. The first-order chi connectivity index (χ1) is 16.5. The molecule has 1 aliphatic rings. The third kappa shape index (κ3) is 4.03. The van der Waals surface area contributed by atoms with Crippen LogP contribution >= 0.6 is 0 Å². The summed E-state index contributed by atoms with van der Waals surface area (Å²) >= 11 is 0. The molecule has 5 rings (SSSR count). The number of hydrogen-bond donors (Lipinski definition) is 2. The van der Waals surface area contributed by atoms with Crippen LogP contribution < -0.4 is 10.1 Å². The summed E-state index contributed by atoms with van der Waals surface area (Å²) in [4.78, 5) is 28.7. The molecule has 1 aliphatic carbocycles. The number of carbonyl (C=O) groups is 2. The number of esters is 1. The normalized spacial score (nSPS) is 13.4. The molecule has 1 atom stereocenters. The van der Waals surface area contributed by atoms with Gasteiger partial charge >= 0.3 is 12.1 Å². The average Bonchev–Trinajstić information content (AvgIpc) is 3.40. The van der Waals surface area contributed by atoms with Crippen molar-refractivity contribution in [1.29, 1.82) is 0 Å². The van der Waals surface area contributed by atoms with Crippen LogP contribution in [0, 0.1) is 5.92 Å². The highest BCUT2D eigenvalue weighted by Gasteiger charge is 2.31. The molecule has 0 bridgehead atoms. The van der Waals surface area contributed by atoms with E-state index < -0.39 is 18.1 Å². The minimum Gasteiger partial charge on any atom is -0.449 e. The average molecular weight is 455 g/mol. The largest absolute Gasteiger partial charge is 0.449 e. The number of benzene rings is 3. The highest BCUT2D eigenvalue weighted by atomic mass is 16.6. The molecule has 0 saturated heterocycles. The molecule has 0 fully saturated rings. The quantitative estimate of drug-likeness (QED) is 0.370. The van der Waals surface area contributed by atoms with Crippen LogP contribution in [0.3, 0.4) is 0 Å². The van der Waals surface area contributed by atoms with Crippen molar-refractivity contribution in [2.45, 2.75) is 25.8 Å². The zero-order chi connectivity index (χ0) is 23.7. The summed E-state index contributed by atoms with van der Waals surface area (Å²) < 4.78 is 11.2. The van der Waals surface area contributed by atoms with Gasteiger partial charge in [0, 0.05) is 23.0 Å². The Bertz CT molecular complexity index is 1310. The Morgan fingerprint density at radius 3 is 2.21 bits per heavy atom. The van der Waals surface area contributed by atoms with Crippen molar-refractivity contribution in [3.63, 3.8) is 0 Å². The molecule has 6 nitrogen and oxygen atoms in total. The molecule has 2 N–H and O–H groups in total. The topological polar surface area (TPSA) is 80.4 Å². The first-order valence-corrected chi connectivity index (χ1v) is 11.4. The number of alkyl carbamates (subject to hydrolysis) is 1. The number of amides is 1. The van der Waals surface area contributed by atoms with Crippen molar-refractivity contribution in [2.75, 3.05) is 6.61 Å². The fraction of sp³-hybridized carbons (Fsp3) is 0.214. The molecule has 0 aliphatic heterocycles. The molecular formula is C28H26N2O4. The van der Waals surface area contributed by atoms with E-state index in [9.17, 15) is 9.59 Å². The van der Waals surface area contributed by atoms with Gasteiger partial charge in [0.25, 0.3) is 0 Å². The predicted octanol–water partition coefficient (Wildman–Crippen LogP) is 5.64. The maximum atomic E-state index is 12.9. The fourth-order valence-electron chi connectivity index (χ4n) is 4.57. The van der Waals surface area contributed by atoms with Crippen molar-refractivity contribution < 1.29 is 19.1 Å². The van der Waals surface area contributed by atoms with Gasteiger partial charge in [0.15, 0.2) is 5.75 Å². The number of H-pyrrole nitrogens is 1. The summed E-state index contributed by atoms with van der Waals surface area (Å²) in [6.45, 7) is 3.89. The van der Waals surface area contributed by atoms with Gasteiger partial charge in [-0.2, -0.15) is 0 Å². The van der Waals surface area contributed by atoms with Crippen LogP contribution in [0.1, 0.15) is 30.9 Å². The maximum Gasteiger partial charge on any atom is 0.407 e. The second-order valence-electron chi connectivity index (χ2n) is 8.81. The number of nitrogens with one attached hydrogen (secondary N) is 2. The first kappa shape index (κ1) is 21.8. The van der Waals surface area contributed by atoms with Crippen LogP contribution in [0.15, 0.2) is 79.0 Å². The van der Waals surface area contributed by atoms with E-state index in [0.717, 1.165) is 33.2 Å². The predicted molar refractivity (Wildman–Crippen MR) is 131 cm³/mol. The number of hydrogen-bond acceptors (Lipinski definition) is 4. The number of fused-ring (bicyclic) bond motifs is 4. The van der Waals surface area contributed by atoms with Crippen LogP contribution in [-0.2, 0) is 9.53 Å². The number of ether oxygens (including phenoxy) is 2. The Hall–Kier alpha value is -4.06. The van der Waals surface area contributed by atoms with Crippen LogP contribution in [0.5, 0.6) is 5.75 Å². The van der Waals surface area contributed by atoms with Gasteiger partial charge in [-0.25, -0.2) is 9.59 Å². The molecule has 1 amide bonds. The lowest BCUT2D eigenvalue weighted by molar-refractivity contribution is -0.137. The van der Waals surface area contributed by atoms with E-state index in [-0.39, 0.29) is 18.4 Å². The van der Waals surface area contributed by atoms with Crippen LogP contribution in [-0.4, -0.2) is 29.7 Å². The Morgan fingerprint density at radius 2 is 1.53 bits per heavy atom. The van der Waals surface area contributed by atoms with Gasteiger partial charge in [-0.1, -0.05) is 74.5 Å². The van der Waals surface area contributed by atoms with E-state index >= 15 is 0 Å². The van der Waals surface area contributed by atoms with E-state index in [0.29, 0.717) is 5.75 Å². The molecule has 0 unspecified atom stereocenters. The van der Waals surface area contributed by atoms with E-state index in [1.165, 1.54) is 0 Å². The molecule has 172 valence electrons. The molecule has 3 aromatic carbocycles. The minimum atomic E-state index is -0.843. The number of para-hydroxylation sites is 1. The van der Waals surface area contributed by atoms with Gasteiger partial charge in [-0.15, -0.1) is 0 Å². The number of aromatic amines is 1. The lowest BCUT2D eigenvalue weighted by Gasteiger charge is -2.21. The zero-order valence-electron chi connectivity index (χ0n) is 19.1. The second kappa shape index (κ2) is 9.06. The highest BCUT2D eigenvalue weighted by molar-refractivity contribution is 5.90.